The Labute approximate surface area is 158 Å². The SMILES string of the molecule is CC(C)Cn1ncc(NC(=O)[C@@H](OCC(F)(F)F)c2ccccc2)c1C(F)F. The summed E-state index contributed by atoms with van der Waals surface area (Å²) >= 11 is 0. The monoisotopic (exact) mass is 405 g/mol. The van der Waals surface area contributed by atoms with E-state index >= 15 is 0 Å². The normalized spacial score (nSPS) is 13.2. The molecule has 2 aromatic rings. The third kappa shape index (κ3) is 6.01. The van der Waals surface area contributed by atoms with E-state index in [1.807, 2.05) is 13.8 Å². The second-order valence-electron chi connectivity index (χ2n) is 6.53. The van der Waals surface area contributed by atoms with Crippen LogP contribution < -0.4 is 5.32 Å². The maximum atomic E-state index is 13.5. The summed E-state index contributed by atoms with van der Waals surface area (Å²) in [6, 6.07) is 7.50. The van der Waals surface area contributed by atoms with Gasteiger partial charge in [-0.05, 0) is 11.5 Å². The highest BCUT2D eigenvalue weighted by molar-refractivity contribution is 5.95. The lowest BCUT2D eigenvalue weighted by atomic mass is 10.1. The first-order chi connectivity index (χ1) is 13.1. The molecule has 0 aliphatic rings. The number of aromatic nitrogens is 2. The number of hydrogen-bond donors (Lipinski definition) is 1. The van der Waals surface area contributed by atoms with Gasteiger partial charge in [-0.2, -0.15) is 18.3 Å². The number of halogens is 5. The molecule has 0 aliphatic carbocycles. The summed E-state index contributed by atoms with van der Waals surface area (Å²) in [4.78, 5) is 12.6. The topological polar surface area (TPSA) is 56.2 Å². The number of carbonyl (C=O) groups excluding carboxylic acids is 1. The maximum Gasteiger partial charge on any atom is 0.411 e. The highest BCUT2D eigenvalue weighted by atomic mass is 19.4. The Balaban J connectivity index is 2.27. The third-order valence-electron chi connectivity index (χ3n) is 3.64. The van der Waals surface area contributed by atoms with Crippen molar-refractivity contribution in [2.45, 2.75) is 39.1 Å². The van der Waals surface area contributed by atoms with Crippen molar-refractivity contribution in [1.29, 1.82) is 0 Å². The molecule has 5 nitrogen and oxygen atoms in total. The van der Waals surface area contributed by atoms with E-state index in [-0.39, 0.29) is 23.7 Å². The fraction of sp³-hybridized carbons (Fsp3) is 0.444. The quantitative estimate of drug-likeness (QED) is 0.646. The van der Waals surface area contributed by atoms with Gasteiger partial charge in [-0.15, -0.1) is 0 Å². The number of carbonyl (C=O) groups is 1. The zero-order valence-electron chi connectivity index (χ0n) is 15.2. The lowest BCUT2D eigenvalue weighted by Crippen LogP contribution is -2.28. The van der Waals surface area contributed by atoms with Crippen LogP contribution >= 0.6 is 0 Å². The summed E-state index contributed by atoms with van der Waals surface area (Å²) in [6.45, 7) is 2.16. The Bertz CT molecular complexity index is 775. The van der Waals surface area contributed by atoms with Crippen molar-refractivity contribution < 1.29 is 31.5 Å². The van der Waals surface area contributed by atoms with Crippen molar-refractivity contribution in [3.63, 3.8) is 0 Å². The first kappa shape index (κ1) is 21.8. The summed E-state index contributed by atoms with van der Waals surface area (Å²) in [7, 11) is 0. The lowest BCUT2D eigenvalue weighted by Gasteiger charge is -2.19. The summed E-state index contributed by atoms with van der Waals surface area (Å²) in [5.41, 5.74) is -0.612. The highest BCUT2D eigenvalue weighted by Crippen LogP contribution is 2.30. The van der Waals surface area contributed by atoms with Crippen LogP contribution in [0.4, 0.5) is 27.6 Å². The van der Waals surface area contributed by atoms with Crippen molar-refractivity contribution in [3.05, 3.63) is 47.8 Å². The van der Waals surface area contributed by atoms with E-state index in [2.05, 4.69) is 10.4 Å². The molecule has 0 saturated carbocycles. The molecular formula is C18H20F5N3O2. The Morgan fingerprint density at radius 1 is 1.21 bits per heavy atom. The first-order valence-corrected chi connectivity index (χ1v) is 8.46. The molecule has 154 valence electrons. The van der Waals surface area contributed by atoms with E-state index in [4.69, 9.17) is 4.74 Å². The van der Waals surface area contributed by atoms with Crippen LogP contribution in [0.25, 0.3) is 0 Å². The van der Waals surface area contributed by atoms with Gasteiger partial charge in [0.25, 0.3) is 12.3 Å². The first-order valence-electron chi connectivity index (χ1n) is 8.46. The predicted molar refractivity (Wildman–Crippen MR) is 91.8 cm³/mol. The molecule has 0 spiro atoms. The minimum atomic E-state index is -4.65. The molecule has 1 aromatic carbocycles. The average Bonchev–Trinajstić information content (AvgIpc) is 2.96. The molecule has 1 N–H and O–H groups in total. The van der Waals surface area contributed by atoms with Gasteiger partial charge in [0, 0.05) is 6.54 Å². The number of nitrogens with one attached hydrogen (secondary N) is 1. The molecular weight excluding hydrogens is 385 g/mol. The average molecular weight is 405 g/mol. The molecule has 1 atom stereocenters. The van der Waals surface area contributed by atoms with Crippen LogP contribution in [0.2, 0.25) is 0 Å². The number of amides is 1. The van der Waals surface area contributed by atoms with Gasteiger partial charge in [-0.3, -0.25) is 9.48 Å². The third-order valence-corrected chi connectivity index (χ3v) is 3.64. The number of ether oxygens (including phenoxy) is 1. The molecule has 1 heterocycles. The van der Waals surface area contributed by atoms with Crippen LogP contribution in [-0.2, 0) is 16.1 Å². The Hall–Kier alpha value is -2.49. The highest BCUT2D eigenvalue weighted by Gasteiger charge is 2.33. The predicted octanol–water partition coefficient (Wildman–Crippen LogP) is 4.74. The molecule has 0 unspecified atom stereocenters. The van der Waals surface area contributed by atoms with Crippen molar-refractivity contribution in [2.24, 2.45) is 5.92 Å². The number of nitrogens with zero attached hydrogens (tertiary/aromatic N) is 2. The van der Waals surface area contributed by atoms with Crippen molar-refractivity contribution >= 4 is 11.6 Å². The van der Waals surface area contributed by atoms with E-state index in [0.29, 0.717) is 0 Å². The molecule has 0 radical (unpaired) electrons. The number of alkyl halides is 5. The molecule has 0 aliphatic heterocycles. The molecule has 0 fully saturated rings. The molecule has 0 saturated heterocycles. The molecule has 1 aromatic heterocycles. The number of anilines is 1. The van der Waals surface area contributed by atoms with E-state index in [9.17, 15) is 26.7 Å². The van der Waals surface area contributed by atoms with Gasteiger partial charge in [-0.25, -0.2) is 8.78 Å². The van der Waals surface area contributed by atoms with Gasteiger partial charge in [0.1, 0.15) is 12.3 Å². The van der Waals surface area contributed by atoms with Gasteiger partial charge in [-0.1, -0.05) is 44.2 Å². The van der Waals surface area contributed by atoms with E-state index < -0.39 is 36.9 Å². The van der Waals surface area contributed by atoms with E-state index in [1.54, 1.807) is 6.07 Å². The minimum absolute atomic E-state index is 0.0214. The fourth-order valence-corrected chi connectivity index (χ4v) is 2.54. The number of rotatable bonds is 8. The summed E-state index contributed by atoms with van der Waals surface area (Å²) in [5.74, 6) is -0.977. The largest absolute Gasteiger partial charge is 0.411 e. The summed E-state index contributed by atoms with van der Waals surface area (Å²) in [6.07, 6.45) is -8.15. The minimum Gasteiger partial charge on any atom is -0.354 e. The molecule has 28 heavy (non-hydrogen) atoms. The summed E-state index contributed by atoms with van der Waals surface area (Å²) < 4.78 is 70.4. The molecule has 10 heteroatoms. The fourth-order valence-electron chi connectivity index (χ4n) is 2.54. The summed E-state index contributed by atoms with van der Waals surface area (Å²) in [5, 5.41) is 6.07. The van der Waals surface area contributed by atoms with Crippen molar-refractivity contribution in [2.75, 3.05) is 11.9 Å². The zero-order chi connectivity index (χ0) is 20.9. The lowest BCUT2D eigenvalue weighted by molar-refractivity contribution is -0.187. The smallest absolute Gasteiger partial charge is 0.354 e. The van der Waals surface area contributed by atoms with Crippen LogP contribution in [0.5, 0.6) is 0 Å². The standard InChI is InChI=1S/C18H20F5N3O2/c1-11(2)9-26-14(16(19)20)13(8-24-26)25-17(27)15(28-10-18(21,22)23)12-6-4-3-5-7-12/h3-8,11,15-16H,9-10H2,1-2H3,(H,25,27)/t15-/m0/s1. The molecule has 1 amide bonds. The second kappa shape index (κ2) is 9.13. The Morgan fingerprint density at radius 2 is 1.86 bits per heavy atom. The van der Waals surface area contributed by atoms with Crippen molar-refractivity contribution in [1.82, 2.24) is 9.78 Å². The van der Waals surface area contributed by atoms with Crippen LogP contribution in [0.1, 0.15) is 37.6 Å². The van der Waals surface area contributed by atoms with Gasteiger partial charge >= 0.3 is 6.18 Å². The van der Waals surface area contributed by atoms with E-state index in [0.717, 1.165) is 10.9 Å². The van der Waals surface area contributed by atoms with Gasteiger partial charge in [0.15, 0.2) is 6.10 Å². The van der Waals surface area contributed by atoms with Crippen LogP contribution in [0, 0.1) is 5.92 Å². The van der Waals surface area contributed by atoms with Gasteiger partial charge in [0.05, 0.1) is 11.9 Å². The zero-order valence-corrected chi connectivity index (χ0v) is 15.2. The number of benzene rings is 1. The number of hydrogen-bond acceptors (Lipinski definition) is 3. The van der Waals surface area contributed by atoms with Crippen LogP contribution in [-0.4, -0.2) is 28.5 Å². The van der Waals surface area contributed by atoms with Crippen LogP contribution in [0.15, 0.2) is 36.5 Å². The van der Waals surface area contributed by atoms with Crippen molar-refractivity contribution in [3.8, 4) is 0 Å². The van der Waals surface area contributed by atoms with Gasteiger partial charge < -0.3 is 10.1 Å². The maximum absolute atomic E-state index is 13.5. The van der Waals surface area contributed by atoms with Gasteiger partial charge in [0.2, 0.25) is 0 Å². The molecule has 2 rings (SSSR count). The van der Waals surface area contributed by atoms with Crippen LogP contribution in [0.3, 0.4) is 0 Å². The van der Waals surface area contributed by atoms with E-state index in [1.165, 1.54) is 24.3 Å². The Morgan fingerprint density at radius 3 is 2.39 bits per heavy atom. The molecule has 0 bridgehead atoms. The Kier molecular flexibility index (Phi) is 7.11. The second-order valence-corrected chi connectivity index (χ2v) is 6.53.